The lowest BCUT2D eigenvalue weighted by molar-refractivity contribution is -0.147. The van der Waals surface area contributed by atoms with Gasteiger partial charge in [-0.3, -0.25) is 4.79 Å². The number of carbonyl (C=O) groups is 1. The summed E-state index contributed by atoms with van der Waals surface area (Å²) in [7, 11) is 1.43. The maximum Gasteiger partial charge on any atom is 0.325 e. The molecule has 0 rings (SSSR count). The molecule has 0 aliphatic rings. The van der Waals surface area contributed by atoms with Crippen molar-refractivity contribution in [1.82, 2.24) is 5.32 Å². The molecule has 0 bridgehead atoms. The Balaban J connectivity index is 3.47. The van der Waals surface area contributed by atoms with Crippen LogP contribution >= 0.6 is 0 Å². The molecule has 0 saturated carbocycles. The van der Waals surface area contributed by atoms with Gasteiger partial charge in [-0.05, 0) is 26.8 Å². The van der Waals surface area contributed by atoms with Crippen molar-refractivity contribution in [2.75, 3.05) is 13.7 Å². The van der Waals surface area contributed by atoms with Crippen molar-refractivity contribution in [3.8, 4) is 0 Å². The summed E-state index contributed by atoms with van der Waals surface area (Å²) in [6.07, 6.45) is 7.62. The van der Waals surface area contributed by atoms with E-state index in [2.05, 4.69) is 12.2 Å². The van der Waals surface area contributed by atoms with Gasteiger partial charge in [-0.1, -0.05) is 39.0 Å². The Hall–Kier alpha value is -0.570. The Morgan fingerprint density at radius 2 is 1.69 bits per heavy atom. The zero-order valence-corrected chi connectivity index (χ0v) is 11.3. The van der Waals surface area contributed by atoms with E-state index in [0.717, 1.165) is 13.0 Å². The molecule has 16 heavy (non-hydrogen) atoms. The molecule has 0 fully saturated rings. The zero-order valence-electron chi connectivity index (χ0n) is 11.3. The first-order valence-corrected chi connectivity index (χ1v) is 6.38. The molecule has 0 spiro atoms. The van der Waals surface area contributed by atoms with Gasteiger partial charge in [0.2, 0.25) is 0 Å². The number of unbranched alkanes of at least 4 members (excludes halogenated alkanes) is 5. The standard InChI is InChI=1S/C13H27NO2/c1-5-6-7-8-9-10-11-14-13(2,3)12(15)16-4/h14H,5-11H2,1-4H3. The van der Waals surface area contributed by atoms with Crippen molar-refractivity contribution in [2.24, 2.45) is 0 Å². The summed E-state index contributed by atoms with van der Waals surface area (Å²) in [5, 5.41) is 3.23. The summed E-state index contributed by atoms with van der Waals surface area (Å²) in [4.78, 5) is 11.4. The van der Waals surface area contributed by atoms with Crippen LogP contribution in [-0.2, 0) is 9.53 Å². The number of carbonyl (C=O) groups excluding carboxylic acids is 1. The number of hydrogen-bond acceptors (Lipinski definition) is 3. The number of methoxy groups -OCH3 is 1. The average molecular weight is 229 g/mol. The Bertz CT molecular complexity index is 190. The summed E-state index contributed by atoms with van der Waals surface area (Å²) in [5.74, 6) is -0.196. The quantitative estimate of drug-likeness (QED) is 0.488. The monoisotopic (exact) mass is 229 g/mol. The van der Waals surface area contributed by atoms with Crippen LogP contribution in [0.15, 0.2) is 0 Å². The molecule has 3 nitrogen and oxygen atoms in total. The Labute approximate surface area is 99.9 Å². The first kappa shape index (κ1) is 15.4. The van der Waals surface area contributed by atoms with Crippen molar-refractivity contribution >= 4 is 5.97 Å². The van der Waals surface area contributed by atoms with Crippen molar-refractivity contribution in [3.63, 3.8) is 0 Å². The molecule has 0 aromatic heterocycles. The molecule has 0 aromatic carbocycles. The largest absolute Gasteiger partial charge is 0.468 e. The number of nitrogens with one attached hydrogen (secondary N) is 1. The highest BCUT2D eigenvalue weighted by Gasteiger charge is 2.27. The van der Waals surface area contributed by atoms with Crippen molar-refractivity contribution in [2.45, 2.75) is 64.8 Å². The zero-order chi connectivity index (χ0) is 12.4. The third-order valence-corrected chi connectivity index (χ3v) is 2.79. The van der Waals surface area contributed by atoms with Crippen LogP contribution in [0.1, 0.15) is 59.3 Å². The molecule has 0 saturated heterocycles. The first-order chi connectivity index (χ1) is 7.54. The van der Waals surface area contributed by atoms with Crippen molar-refractivity contribution < 1.29 is 9.53 Å². The topological polar surface area (TPSA) is 38.3 Å². The number of rotatable bonds is 9. The fourth-order valence-electron chi connectivity index (χ4n) is 1.63. The minimum Gasteiger partial charge on any atom is -0.468 e. The van der Waals surface area contributed by atoms with Crippen molar-refractivity contribution in [1.29, 1.82) is 0 Å². The molecule has 0 aliphatic heterocycles. The van der Waals surface area contributed by atoms with Gasteiger partial charge in [0.15, 0.2) is 0 Å². The molecular weight excluding hydrogens is 202 g/mol. The van der Waals surface area contributed by atoms with Gasteiger partial charge in [-0.2, -0.15) is 0 Å². The Morgan fingerprint density at radius 1 is 1.12 bits per heavy atom. The van der Waals surface area contributed by atoms with Crippen LogP contribution in [0.2, 0.25) is 0 Å². The highest BCUT2D eigenvalue weighted by molar-refractivity contribution is 5.79. The Kier molecular flexibility index (Phi) is 8.26. The number of esters is 1. The normalized spacial score (nSPS) is 11.5. The van der Waals surface area contributed by atoms with Gasteiger partial charge in [0.05, 0.1) is 7.11 Å². The van der Waals surface area contributed by atoms with Gasteiger partial charge in [0.25, 0.3) is 0 Å². The molecular formula is C13H27NO2. The van der Waals surface area contributed by atoms with Crippen LogP contribution in [0.5, 0.6) is 0 Å². The van der Waals surface area contributed by atoms with Crippen LogP contribution in [0.4, 0.5) is 0 Å². The third kappa shape index (κ3) is 6.83. The molecule has 0 unspecified atom stereocenters. The minimum atomic E-state index is -0.557. The second kappa shape index (κ2) is 8.57. The van der Waals surface area contributed by atoms with E-state index in [-0.39, 0.29) is 5.97 Å². The molecule has 0 aromatic rings. The minimum absolute atomic E-state index is 0.196. The maximum atomic E-state index is 11.4. The number of ether oxygens (including phenoxy) is 1. The van der Waals surface area contributed by atoms with Crippen LogP contribution < -0.4 is 5.32 Å². The van der Waals surface area contributed by atoms with E-state index in [1.165, 1.54) is 39.2 Å². The predicted octanol–water partition coefficient (Wildman–Crippen LogP) is 2.89. The molecule has 3 heteroatoms. The van der Waals surface area contributed by atoms with E-state index < -0.39 is 5.54 Å². The average Bonchev–Trinajstić information content (AvgIpc) is 2.26. The van der Waals surface area contributed by atoms with Crippen LogP contribution in [0.25, 0.3) is 0 Å². The van der Waals surface area contributed by atoms with E-state index in [1.807, 2.05) is 13.8 Å². The smallest absolute Gasteiger partial charge is 0.325 e. The fourth-order valence-corrected chi connectivity index (χ4v) is 1.63. The van der Waals surface area contributed by atoms with E-state index in [1.54, 1.807) is 0 Å². The van der Waals surface area contributed by atoms with Gasteiger partial charge in [-0.15, -0.1) is 0 Å². The van der Waals surface area contributed by atoms with Gasteiger partial charge in [0.1, 0.15) is 5.54 Å². The molecule has 0 atom stereocenters. The third-order valence-electron chi connectivity index (χ3n) is 2.79. The lowest BCUT2D eigenvalue weighted by Crippen LogP contribution is -2.47. The molecule has 96 valence electrons. The van der Waals surface area contributed by atoms with Gasteiger partial charge >= 0.3 is 5.97 Å². The summed E-state index contributed by atoms with van der Waals surface area (Å²) in [5.41, 5.74) is -0.557. The van der Waals surface area contributed by atoms with Crippen LogP contribution in [0, 0.1) is 0 Å². The summed E-state index contributed by atoms with van der Waals surface area (Å²) in [6.45, 7) is 6.82. The van der Waals surface area contributed by atoms with E-state index >= 15 is 0 Å². The summed E-state index contributed by atoms with van der Waals surface area (Å²) in [6, 6.07) is 0. The molecule has 0 aliphatic carbocycles. The highest BCUT2D eigenvalue weighted by atomic mass is 16.5. The SMILES string of the molecule is CCCCCCCCNC(C)(C)C(=O)OC. The van der Waals surface area contributed by atoms with Gasteiger partial charge in [-0.25, -0.2) is 0 Å². The first-order valence-electron chi connectivity index (χ1n) is 6.38. The number of hydrogen-bond donors (Lipinski definition) is 1. The predicted molar refractivity (Wildman–Crippen MR) is 67.5 cm³/mol. The van der Waals surface area contributed by atoms with E-state index in [4.69, 9.17) is 4.74 Å². The summed E-state index contributed by atoms with van der Waals surface area (Å²) >= 11 is 0. The van der Waals surface area contributed by atoms with Gasteiger partial charge in [0, 0.05) is 0 Å². The lowest BCUT2D eigenvalue weighted by Gasteiger charge is -2.23. The molecule has 1 N–H and O–H groups in total. The van der Waals surface area contributed by atoms with E-state index in [9.17, 15) is 4.79 Å². The van der Waals surface area contributed by atoms with Crippen LogP contribution in [-0.4, -0.2) is 25.2 Å². The summed E-state index contributed by atoms with van der Waals surface area (Å²) < 4.78 is 4.72. The second-order valence-corrected chi connectivity index (χ2v) is 4.81. The van der Waals surface area contributed by atoms with Crippen LogP contribution in [0.3, 0.4) is 0 Å². The Morgan fingerprint density at radius 3 is 2.25 bits per heavy atom. The fraction of sp³-hybridized carbons (Fsp3) is 0.923. The van der Waals surface area contributed by atoms with Crippen molar-refractivity contribution in [3.05, 3.63) is 0 Å². The molecule has 0 amide bonds. The lowest BCUT2D eigenvalue weighted by atomic mass is 10.1. The second-order valence-electron chi connectivity index (χ2n) is 4.81. The molecule has 0 heterocycles. The van der Waals surface area contributed by atoms with Gasteiger partial charge < -0.3 is 10.1 Å². The maximum absolute atomic E-state index is 11.4. The highest BCUT2D eigenvalue weighted by Crippen LogP contribution is 2.07. The van der Waals surface area contributed by atoms with E-state index in [0.29, 0.717) is 0 Å². The molecule has 0 radical (unpaired) electrons.